The van der Waals surface area contributed by atoms with Crippen LogP contribution in [-0.4, -0.2) is 44.7 Å². The summed E-state index contributed by atoms with van der Waals surface area (Å²) < 4.78 is 16.4. The van der Waals surface area contributed by atoms with Gasteiger partial charge in [-0.1, -0.05) is 24.3 Å². The van der Waals surface area contributed by atoms with Gasteiger partial charge in [-0.25, -0.2) is 0 Å². The van der Waals surface area contributed by atoms with E-state index in [4.69, 9.17) is 14.2 Å². The topological polar surface area (TPSA) is 48.0 Å². The molecule has 3 rings (SSSR count). The second-order valence-corrected chi connectivity index (χ2v) is 6.12. The number of hydrogen-bond acceptors (Lipinski definition) is 4. The maximum absolute atomic E-state index is 12.6. The molecule has 5 heteroatoms. The molecule has 0 N–H and O–H groups in total. The van der Waals surface area contributed by atoms with Crippen molar-refractivity contribution in [1.82, 2.24) is 4.90 Å². The molecule has 0 radical (unpaired) electrons. The van der Waals surface area contributed by atoms with E-state index in [9.17, 15) is 4.79 Å². The number of para-hydroxylation sites is 1. The van der Waals surface area contributed by atoms with E-state index in [1.807, 2.05) is 49.5 Å². The van der Waals surface area contributed by atoms with Crippen LogP contribution in [0.2, 0.25) is 0 Å². The second kappa shape index (κ2) is 7.47. The third-order valence-corrected chi connectivity index (χ3v) is 4.48. The minimum Gasteiger partial charge on any atom is -0.493 e. The van der Waals surface area contributed by atoms with Crippen molar-refractivity contribution in [2.45, 2.75) is 18.9 Å². The number of carbonyl (C=O) groups is 1. The van der Waals surface area contributed by atoms with Crippen LogP contribution in [0.1, 0.15) is 11.1 Å². The van der Waals surface area contributed by atoms with Gasteiger partial charge in [-0.2, -0.15) is 0 Å². The van der Waals surface area contributed by atoms with E-state index >= 15 is 0 Å². The number of rotatable bonds is 6. The lowest BCUT2D eigenvalue weighted by atomic mass is 10.1. The minimum atomic E-state index is -0.423. The lowest BCUT2D eigenvalue weighted by molar-refractivity contribution is -0.136. The molecular weight excluding hydrogens is 318 g/mol. The zero-order chi connectivity index (χ0) is 17.8. The number of methoxy groups -OCH3 is 2. The van der Waals surface area contributed by atoms with Gasteiger partial charge in [0.2, 0.25) is 0 Å². The van der Waals surface area contributed by atoms with Crippen molar-refractivity contribution in [2.75, 3.05) is 27.8 Å². The smallest absolute Gasteiger partial charge is 0.263 e. The molecule has 0 fully saturated rings. The fourth-order valence-corrected chi connectivity index (χ4v) is 3.01. The first kappa shape index (κ1) is 17.1. The lowest BCUT2D eigenvalue weighted by Crippen LogP contribution is -2.39. The van der Waals surface area contributed by atoms with Gasteiger partial charge in [0.05, 0.1) is 14.2 Å². The van der Waals surface area contributed by atoms with Gasteiger partial charge in [-0.15, -0.1) is 0 Å². The summed E-state index contributed by atoms with van der Waals surface area (Å²) in [5, 5.41) is 0. The summed E-state index contributed by atoms with van der Waals surface area (Å²) in [4.78, 5) is 14.3. The van der Waals surface area contributed by atoms with Crippen LogP contribution in [0.4, 0.5) is 0 Å². The molecule has 0 bridgehead atoms. The van der Waals surface area contributed by atoms with Crippen molar-refractivity contribution in [1.29, 1.82) is 0 Å². The van der Waals surface area contributed by atoms with Crippen molar-refractivity contribution in [3.63, 3.8) is 0 Å². The van der Waals surface area contributed by atoms with Crippen LogP contribution in [0.25, 0.3) is 0 Å². The van der Waals surface area contributed by atoms with Crippen LogP contribution >= 0.6 is 0 Å². The van der Waals surface area contributed by atoms with Gasteiger partial charge >= 0.3 is 0 Å². The summed E-state index contributed by atoms with van der Waals surface area (Å²) in [6, 6.07) is 13.6. The molecular formula is C20H23NO4. The Bertz CT molecular complexity index is 734. The van der Waals surface area contributed by atoms with Gasteiger partial charge in [0, 0.05) is 20.0 Å². The molecule has 5 nitrogen and oxygen atoms in total. The largest absolute Gasteiger partial charge is 0.493 e. The highest BCUT2D eigenvalue weighted by atomic mass is 16.5. The van der Waals surface area contributed by atoms with Crippen LogP contribution in [0, 0.1) is 0 Å². The summed E-state index contributed by atoms with van der Waals surface area (Å²) in [6.07, 6.45) is 0.950. The van der Waals surface area contributed by atoms with Crippen LogP contribution in [0.5, 0.6) is 17.2 Å². The molecule has 1 aliphatic rings. The predicted octanol–water partition coefficient (Wildman–Crippen LogP) is 2.71. The quantitative estimate of drug-likeness (QED) is 0.811. The number of benzene rings is 2. The summed E-state index contributed by atoms with van der Waals surface area (Å²) >= 11 is 0. The molecule has 0 aromatic heterocycles. The van der Waals surface area contributed by atoms with E-state index < -0.39 is 6.10 Å². The Hall–Kier alpha value is -2.69. The second-order valence-electron chi connectivity index (χ2n) is 6.12. The van der Waals surface area contributed by atoms with Crippen molar-refractivity contribution in [2.24, 2.45) is 0 Å². The molecule has 2 aromatic carbocycles. The third-order valence-electron chi connectivity index (χ3n) is 4.48. The molecule has 132 valence electrons. The Balaban J connectivity index is 1.58. The Morgan fingerprint density at radius 1 is 1.16 bits per heavy atom. The number of ether oxygens (including phenoxy) is 3. The maximum atomic E-state index is 12.6. The van der Waals surface area contributed by atoms with E-state index in [0.717, 1.165) is 23.3 Å². The van der Waals surface area contributed by atoms with Gasteiger partial charge in [0.1, 0.15) is 5.75 Å². The number of fused-ring (bicyclic) bond motifs is 1. The molecule has 25 heavy (non-hydrogen) atoms. The average molecular weight is 341 g/mol. The predicted molar refractivity (Wildman–Crippen MR) is 95.4 cm³/mol. The van der Waals surface area contributed by atoms with Crippen LogP contribution in [0.15, 0.2) is 42.5 Å². The van der Waals surface area contributed by atoms with Gasteiger partial charge < -0.3 is 19.1 Å². The van der Waals surface area contributed by atoms with Gasteiger partial charge in [-0.3, -0.25) is 4.79 Å². The average Bonchev–Trinajstić information content (AvgIpc) is 3.09. The first-order valence-electron chi connectivity index (χ1n) is 8.33. The fraction of sp³-hybridized carbons (Fsp3) is 0.350. The molecule has 1 amide bonds. The highest BCUT2D eigenvalue weighted by Crippen LogP contribution is 2.29. The molecule has 0 aliphatic carbocycles. The number of likely N-dealkylation sites (N-methyl/N-ethyl adjacent to an activating group) is 1. The number of hydrogen-bond donors (Lipinski definition) is 0. The number of carbonyl (C=O) groups excluding carboxylic acids is 1. The Kier molecular flexibility index (Phi) is 5.12. The van der Waals surface area contributed by atoms with Gasteiger partial charge in [0.25, 0.3) is 5.91 Å². The van der Waals surface area contributed by atoms with Crippen molar-refractivity contribution in [3.8, 4) is 17.2 Å². The molecule has 1 aliphatic heterocycles. The number of amides is 1. The van der Waals surface area contributed by atoms with Gasteiger partial charge in [0.15, 0.2) is 17.6 Å². The monoisotopic (exact) mass is 341 g/mol. The van der Waals surface area contributed by atoms with Crippen LogP contribution < -0.4 is 14.2 Å². The molecule has 0 saturated carbocycles. The SMILES string of the molecule is COc1ccc(CCN(C)C(=O)C2Cc3ccccc3O2)cc1OC. The van der Waals surface area contributed by atoms with Crippen LogP contribution in [0.3, 0.4) is 0 Å². The summed E-state index contributed by atoms with van der Waals surface area (Å²) in [7, 11) is 5.05. The Labute approximate surface area is 148 Å². The van der Waals surface area contributed by atoms with Gasteiger partial charge in [-0.05, 0) is 35.7 Å². The van der Waals surface area contributed by atoms with E-state index in [-0.39, 0.29) is 5.91 Å². The van der Waals surface area contributed by atoms with Crippen molar-refractivity contribution >= 4 is 5.91 Å². The lowest BCUT2D eigenvalue weighted by Gasteiger charge is -2.21. The van der Waals surface area contributed by atoms with E-state index in [2.05, 4.69) is 0 Å². The van der Waals surface area contributed by atoms with E-state index in [0.29, 0.717) is 24.5 Å². The Morgan fingerprint density at radius 3 is 2.64 bits per heavy atom. The van der Waals surface area contributed by atoms with Crippen molar-refractivity contribution in [3.05, 3.63) is 53.6 Å². The fourth-order valence-electron chi connectivity index (χ4n) is 3.01. The molecule has 0 spiro atoms. The normalized spacial score (nSPS) is 15.2. The molecule has 1 unspecified atom stereocenters. The third kappa shape index (κ3) is 3.71. The van der Waals surface area contributed by atoms with E-state index in [1.54, 1.807) is 19.1 Å². The Morgan fingerprint density at radius 2 is 1.92 bits per heavy atom. The maximum Gasteiger partial charge on any atom is 0.263 e. The summed E-state index contributed by atoms with van der Waals surface area (Å²) in [6.45, 7) is 0.616. The molecule has 1 atom stereocenters. The standard InChI is InChI=1S/C20H23NO4/c1-21(11-10-14-8-9-17(23-2)18(12-14)24-3)20(22)19-13-15-6-4-5-7-16(15)25-19/h4-9,12,19H,10-11,13H2,1-3H3. The zero-order valence-corrected chi connectivity index (χ0v) is 14.8. The number of nitrogens with zero attached hydrogens (tertiary/aromatic N) is 1. The molecule has 1 heterocycles. The molecule has 2 aromatic rings. The highest BCUT2D eigenvalue weighted by Gasteiger charge is 2.30. The van der Waals surface area contributed by atoms with E-state index in [1.165, 1.54) is 0 Å². The molecule has 0 saturated heterocycles. The first-order chi connectivity index (χ1) is 12.1. The zero-order valence-electron chi connectivity index (χ0n) is 14.8. The summed E-state index contributed by atoms with van der Waals surface area (Å²) in [5.74, 6) is 2.22. The van der Waals surface area contributed by atoms with Crippen molar-refractivity contribution < 1.29 is 19.0 Å². The van der Waals surface area contributed by atoms with Crippen LogP contribution in [-0.2, 0) is 17.6 Å². The first-order valence-corrected chi connectivity index (χ1v) is 8.33. The highest BCUT2D eigenvalue weighted by molar-refractivity contribution is 5.82. The summed E-state index contributed by atoms with van der Waals surface area (Å²) in [5.41, 5.74) is 2.18. The minimum absolute atomic E-state index is 0.0108.